The van der Waals surface area contributed by atoms with Gasteiger partial charge >= 0.3 is 5.97 Å². The molecule has 0 amide bonds. The van der Waals surface area contributed by atoms with Gasteiger partial charge in [-0.2, -0.15) is 0 Å². The predicted octanol–water partition coefficient (Wildman–Crippen LogP) is -0.0504. The van der Waals surface area contributed by atoms with Crippen LogP contribution >= 0.6 is 0 Å². The van der Waals surface area contributed by atoms with Crippen molar-refractivity contribution in [3.05, 3.63) is 17.7 Å². The number of hydrogen-bond acceptors (Lipinski definition) is 4. The second-order valence-corrected chi connectivity index (χ2v) is 3.91. The molecule has 82 valence electrons. The van der Waals surface area contributed by atoms with Gasteiger partial charge in [0.2, 0.25) is 0 Å². The highest BCUT2D eigenvalue weighted by Crippen LogP contribution is 2.20. The lowest BCUT2D eigenvalue weighted by Gasteiger charge is -2.30. The van der Waals surface area contributed by atoms with Gasteiger partial charge in [0.05, 0.1) is 24.8 Å². The van der Waals surface area contributed by atoms with E-state index in [1.54, 1.807) is 6.33 Å². The maximum atomic E-state index is 11.5. The lowest BCUT2D eigenvalue weighted by atomic mass is 10.0. The van der Waals surface area contributed by atoms with E-state index in [1.807, 2.05) is 23.6 Å². The number of carbonyl (C=O) groups excluding carboxylic acids is 1. The Hall–Kier alpha value is -1.36. The summed E-state index contributed by atoms with van der Waals surface area (Å²) in [6, 6.07) is -0.197. The first kappa shape index (κ1) is 10.2. The molecule has 1 aliphatic rings. The van der Waals surface area contributed by atoms with Crippen molar-refractivity contribution in [1.29, 1.82) is 0 Å². The van der Waals surface area contributed by atoms with E-state index in [1.165, 1.54) is 12.8 Å². The molecule has 15 heavy (non-hydrogen) atoms. The lowest BCUT2D eigenvalue weighted by Crippen LogP contribution is -2.44. The van der Waals surface area contributed by atoms with Crippen LogP contribution in [0.4, 0.5) is 0 Å². The second-order valence-electron chi connectivity index (χ2n) is 3.91. The molecule has 5 heteroatoms. The minimum atomic E-state index is -0.197. The molecular formula is C10H15N3O2. The van der Waals surface area contributed by atoms with Crippen molar-refractivity contribution in [2.24, 2.45) is 7.05 Å². The van der Waals surface area contributed by atoms with E-state index in [4.69, 9.17) is 4.74 Å². The molecule has 2 rings (SSSR count). The molecule has 1 aromatic rings. The SMILES string of the molecule is COC(=O)[C@@H]1Cc2ncn(C)c2CN1C. The molecular weight excluding hydrogens is 194 g/mol. The zero-order chi connectivity index (χ0) is 11.0. The van der Waals surface area contributed by atoms with E-state index < -0.39 is 0 Å². The van der Waals surface area contributed by atoms with Crippen LogP contribution in [-0.4, -0.2) is 40.6 Å². The molecule has 0 saturated carbocycles. The molecule has 0 bridgehead atoms. The lowest BCUT2D eigenvalue weighted by molar-refractivity contribution is -0.147. The number of methoxy groups -OCH3 is 1. The largest absolute Gasteiger partial charge is 0.468 e. The Morgan fingerprint density at radius 2 is 2.33 bits per heavy atom. The highest BCUT2D eigenvalue weighted by molar-refractivity contribution is 5.76. The number of aryl methyl sites for hydroxylation is 1. The Morgan fingerprint density at radius 1 is 1.60 bits per heavy atom. The zero-order valence-corrected chi connectivity index (χ0v) is 9.23. The molecule has 1 aliphatic heterocycles. The van der Waals surface area contributed by atoms with Crippen LogP contribution in [0.2, 0.25) is 0 Å². The molecule has 1 aromatic heterocycles. The van der Waals surface area contributed by atoms with Gasteiger partial charge in [-0.1, -0.05) is 0 Å². The molecule has 0 radical (unpaired) electrons. The molecule has 0 spiro atoms. The summed E-state index contributed by atoms with van der Waals surface area (Å²) in [5.74, 6) is -0.186. The second kappa shape index (κ2) is 3.66. The third-order valence-electron chi connectivity index (χ3n) is 2.94. The highest BCUT2D eigenvalue weighted by atomic mass is 16.5. The number of esters is 1. The standard InChI is InChI=1S/C10H15N3O2/c1-12-5-9-7(11-6-13(9)2)4-8(12)10(14)15-3/h6,8H,4-5H2,1-3H3/t8-/m0/s1. The van der Waals surface area contributed by atoms with E-state index >= 15 is 0 Å². The van der Waals surface area contributed by atoms with Gasteiger partial charge < -0.3 is 9.30 Å². The zero-order valence-electron chi connectivity index (χ0n) is 9.23. The summed E-state index contributed by atoms with van der Waals surface area (Å²) < 4.78 is 6.77. The summed E-state index contributed by atoms with van der Waals surface area (Å²) in [5.41, 5.74) is 2.18. The number of hydrogen-bond donors (Lipinski definition) is 0. The summed E-state index contributed by atoms with van der Waals surface area (Å²) in [6.07, 6.45) is 2.43. The number of imidazole rings is 1. The fraction of sp³-hybridized carbons (Fsp3) is 0.600. The molecule has 0 fully saturated rings. The van der Waals surface area contributed by atoms with Gasteiger partial charge in [0, 0.05) is 20.0 Å². The highest BCUT2D eigenvalue weighted by Gasteiger charge is 2.31. The minimum Gasteiger partial charge on any atom is -0.468 e. The predicted molar refractivity (Wildman–Crippen MR) is 54.2 cm³/mol. The van der Waals surface area contributed by atoms with Crippen LogP contribution < -0.4 is 0 Å². The first-order chi connectivity index (χ1) is 7.13. The van der Waals surface area contributed by atoms with Crippen molar-refractivity contribution in [1.82, 2.24) is 14.5 Å². The summed E-state index contributed by atoms with van der Waals surface area (Å²) in [6.45, 7) is 0.742. The Balaban J connectivity index is 2.26. The Morgan fingerprint density at radius 3 is 3.00 bits per heavy atom. The van der Waals surface area contributed by atoms with Gasteiger partial charge in [0.1, 0.15) is 6.04 Å². The van der Waals surface area contributed by atoms with Crippen LogP contribution in [0.15, 0.2) is 6.33 Å². The Labute approximate surface area is 88.7 Å². The average molecular weight is 209 g/mol. The number of rotatable bonds is 1. The number of likely N-dealkylation sites (N-methyl/N-ethyl adjacent to an activating group) is 1. The van der Waals surface area contributed by atoms with E-state index in [0.717, 1.165) is 12.2 Å². The molecule has 0 aromatic carbocycles. The van der Waals surface area contributed by atoms with Crippen LogP contribution in [0.1, 0.15) is 11.4 Å². The maximum Gasteiger partial charge on any atom is 0.323 e. The average Bonchev–Trinajstić information content (AvgIpc) is 2.58. The van der Waals surface area contributed by atoms with Crippen molar-refractivity contribution in [2.75, 3.05) is 14.2 Å². The molecule has 0 saturated heterocycles. The van der Waals surface area contributed by atoms with Gasteiger partial charge in [0.25, 0.3) is 0 Å². The third-order valence-corrected chi connectivity index (χ3v) is 2.94. The topological polar surface area (TPSA) is 47.4 Å². The first-order valence-electron chi connectivity index (χ1n) is 4.90. The molecule has 2 heterocycles. The fourth-order valence-electron chi connectivity index (χ4n) is 1.96. The van der Waals surface area contributed by atoms with Crippen molar-refractivity contribution in [3.8, 4) is 0 Å². The summed E-state index contributed by atoms with van der Waals surface area (Å²) in [7, 11) is 5.32. The fourth-order valence-corrected chi connectivity index (χ4v) is 1.96. The van der Waals surface area contributed by atoms with Crippen molar-refractivity contribution < 1.29 is 9.53 Å². The summed E-state index contributed by atoms with van der Waals surface area (Å²) >= 11 is 0. The summed E-state index contributed by atoms with van der Waals surface area (Å²) in [4.78, 5) is 17.8. The third kappa shape index (κ3) is 1.63. The Bertz CT molecular complexity index is 386. The van der Waals surface area contributed by atoms with E-state index in [2.05, 4.69) is 4.98 Å². The van der Waals surface area contributed by atoms with Crippen LogP contribution in [0.5, 0.6) is 0 Å². The monoisotopic (exact) mass is 209 g/mol. The molecule has 0 N–H and O–H groups in total. The van der Waals surface area contributed by atoms with Crippen LogP contribution in [0, 0.1) is 0 Å². The van der Waals surface area contributed by atoms with Crippen molar-refractivity contribution in [3.63, 3.8) is 0 Å². The van der Waals surface area contributed by atoms with Gasteiger partial charge in [-0.05, 0) is 7.05 Å². The summed E-state index contributed by atoms with van der Waals surface area (Å²) in [5, 5.41) is 0. The minimum absolute atomic E-state index is 0.186. The molecule has 0 aliphatic carbocycles. The van der Waals surface area contributed by atoms with E-state index in [-0.39, 0.29) is 12.0 Å². The number of nitrogens with zero attached hydrogens (tertiary/aromatic N) is 3. The van der Waals surface area contributed by atoms with Gasteiger partial charge in [-0.25, -0.2) is 4.98 Å². The van der Waals surface area contributed by atoms with Gasteiger partial charge in [-0.3, -0.25) is 9.69 Å². The van der Waals surface area contributed by atoms with Gasteiger partial charge in [0.15, 0.2) is 0 Å². The van der Waals surface area contributed by atoms with Crippen LogP contribution in [0.3, 0.4) is 0 Å². The van der Waals surface area contributed by atoms with Gasteiger partial charge in [-0.15, -0.1) is 0 Å². The number of fused-ring (bicyclic) bond motifs is 1. The first-order valence-corrected chi connectivity index (χ1v) is 4.90. The molecule has 1 atom stereocenters. The molecule has 0 unspecified atom stereocenters. The number of carbonyl (C=O) groups is 1. The van der Waals surface area contributed by atoms with Crippen molar-refractivity contribution in [2.45, 2.75) is 19.0 Å². The molecule has 5 nitrogen and oxygen atoms in total. The smallest absolute Gasteiger partial charge is 0.323 e. The number of ether oxygens (including phenoxy) is 1. The van der Waals surface area contributed by atoms with E-state index in [9.17, 15) is 4.79 Å². The van der Waals surface area contributed by atoms with Crippen LogP contribution in [-0.2, 0) is 29.5 Å². The normalized spacial score (nSPS) is 21.1. The van der Waals surface area contributed by atoms with E-state index in [0.29, 0.717) is 6.42 Å². The van der Waals surface area contributed by atoms with Crippen LogP contribution in [0.25, 0.3) is 0 Å². The Kier molecular flexibility index (Phi) is 2.48. The maximum absolute atomic E-state index is 11.5. The van der Waals surface area contributed by atoms with Crippen molar-refractivity contribution >= 4 is 5.97 Å². The number of aromatic nitrogens is 2. The quantitative estimate of drug-likeness (QED) is 0.608.